The van der Waals surface area contributed by atoms with Crippen LogP contribution < -0.4 is 10.6 Å². The van der Waals surface area contributed by atoms with E-state index in [0.29, 0.717) is 16.5 Å². The molecule has 0 unspecified atom stereocenters. The zero-order valence-electron chi connectivity index (χ0n) is 10.0. The maximum atomic E-state index is 12.0. The Kier molecular flexibility index (Phi) is 3.24. The van der Waals surface area contributed by atoms with Gasteiger partial charge < -0.3 is 10.6 Å². The van der Waals surface area contributed by atoms with Gasteiger partial charge in [-0.15, -0.1) is 0 Å². The molecule has 2 N–H and O–H groups in total. The van der Waals surface area contributed by atoms with Gasteiger partial charge in [0.15, 0.2) is 0 Å². The second-order valence-electron chi connectivity index (χ2n) is 4.57. The fourth-order valence-electron chi connectivity index (χ4n) is 1.53. The minimum Gasteiger partial charge on any atom is -0.370 e. The highest BCUT2D eigenvalue weighted by Crippen LogP contribution is 2.34. The molecule has 1 saturated carbocycles. The molecule has 0 atom stereocenters. The quantitative estimate of drug-likeness (QED) is 0.867. The van der Waals surface area contributed by atoms with E-state index in [1.54, 1.807) is 12.1 Å². The van der Waals surface area contributed by atoms with E-state index in [-0.39, 0.29) is 11.4 Å². The molecule has 1 aliphatic carbocycles. The predicted molar refractivity (Wildman–Crippen MR) is 68.5 cm³/mol. The first kappa shape index (κ1) is 12.2. The molecule has 1 fully saturated rings. The molecule has 0 spiro atoms. The van der Waals surface area contributed by atoms with Crippen LogP contribution in [0.25, 0.3) is 0 Å². The topological polar surface area (TPSA) is 54.0 Å². The van der Waals surface area contributed by atoms with Crippen molar-refractivity contribution in [2.75, 3.05) is 11.9 Å². The zero-order valence-corrected chi connectivity index (χ0v) is 10.8. The average molecular weight is 254 g/mol. The fraction of sp³-hybridized carbons (Fsp3) is 0.500. The largest absolute Gasteiger partial charge is 0.370 e. The highest BCUT2D eigenvalue weighted by Gasteiger charge is 2.39. The Bertz CT molecular complexity index is 443. The lowest BCUT2D eigenvalue weighted by molar-refractivity contribution is 0.0930. The molecule has 1 heterocycles. The monoisotopic (exact) mass is 253 g/mol. The second-order valence-corrected chi connectivity index (χ2v) is 4.98. The van der Waals surface area contributed by atoms with E-state index in [0.717, 1.165) is 19.4 Å². The lowest BCUT2D eigenvalue weighted by Crippen LogP contribution is -2.35. The Morgan fingerprint density at radius 1 is 1.53 bits per heavy atom. The summed E-state index contributed by atoms with van der Waals surface area (Å²) in [6.45, 7) is 4.75. The molecule has 5 heteroatoms. The number of amides is 1. The molecule has 1 aromatic rings. The summed E-state index contributed by atoms with van der Waals surface area (Å²) in [6.07, 6.45) is 2.03. The van der Waals surface area contributed by atoms with Crippen molar-refractivity contribution in [3.8, 4) is 0 Å². The first-order valence-corrected chi connectivity index (χ1v) is 6.15. The Labute approximate surface area is 106 Å². The van der Waals surface area contributed by atoms with Gasteiger partial charge in [0.25, 0.3) is 5.91 Å². The molecule has 0 bridgehead atoms. The molecule has 4 nitrogen and oxygen atoms in total. The number of hydrogen-bond donors (Lipinski definition) is 2. The van der Waals surface area contributed by atoms with Crippen LogP contribution in [0.4, 0.5) is 5.82 Å². The minimum absolute atomic E-state index is 0.0592. The standard InChI is InChI=1S/C12H16ClN3O/c1-3-14-9-5-4-8(13)10(15-9)11(17)16-12(2)6-7-12/h4-5H,3,6-7H2,1-2H3,(H,14,15)(H,16,17). The highest BCUT2D eigenvalue weighted by atomic mass is 35.5. The summed E-state index contributed by atoms with van der Waals surface area (Å²) in [5.41, 5.74) is 0.231. The number of nitrogens with zero attached hydrogens (tertiary/aromatic N) is 1. The maximum absolute atomic E-state index is 12.0. The van der Waals surface area contributed by atoms with Gasteiger partial charge in [-0.3, -0.25) is 4.79 Å². The van der Waals surface area contributed by atoms with Crippen LogP contribution in [0.3, 0.4) is 0 Å². The van der Waals surface area contributed by atoms with Crippen LogP contribution in [0.2, 0.25) is 5.02 Å². The molecule has 0 saturated heterocycles. The van der Waals surface area contributed by atoms with Crippen LogP contribution in [0.15, 0.2) is 12.1 Å². The Morgan fingerprint density at radius 2 is 2.24 bits per heavy atom. The molecule has 1 amide bonds. The molecular weight excluding hydrogens is 238 g/mol. The van der Waals surface area contributed by atoms with Crippen molar-refractivity contribution in [2.45, 2.75) is 32.2 Å². The van der Waals surface area contributed by atoms with Gasteiger partial charge >= 0.3 is 0 Å². The van der Waals surface area contributed by atoms with Crippen molar-refractivity contribution >= 4 is 23.3 Å². The third-order valence-electron chi connectivity index (χ3n) is 2.83. The summed E-state index contributed by atoms with van der Waals surface area (Å²) < 4.78 is 0. The Hall–Kier alpha value is -1.29. The van der Waals surface area contributed by atoms with Crippen LogP contribution in [-0.4, -0.2) is 23.0 Å². The molecule has 1 aromatic heterocycles. The molecule has 0 aliphatic heterocycles. The van der Waals surface area contributed by atoms with Gasteiger partial charge in [-0.05, 0) is 38.8 Å². The summed E-state index contributed by atoms with van der Waals surface area (Å²) in [7, 11) is 0. The molecule has 0 aromatic carbocycles. The van der Waals surface area contributed by atoms with Crippen molar-refractivity contribution in [1.82, 2.24) is 10.3 Å². The zero-order chi connectivity index (χ0) is 12.5. The number of carbonyl (C=O) groups is 1. The summed E-state index contributed by atoms with van der Waals surface area (Å²) >= 11 is 5.99. The predicted octanol–water partition coefficient (Wildman–Crippen LogP) is 2.45. The number of hydrogen-bond acceptors (Lipinski definition) is 3. The summed E-state index contributed by atoms with van der Waals surface area (Å²) in [4.78, 5) is 16.2. The third kappa shape index (κ3) is 2.88. The highest BCUT2D eigenvalue weighted by molar-refractivity contribution is 6.33. The van der Waals surface area contributed by atoms with Crippen LogP contribution >= 0.6 is 11.6 Å². The van der Waals surface area contributed by atoms with E-state index in [2.05, 4.69) is 15.6 Å². The minimum atomic E-state index is -0.199. The molecule has 2 rings (SSSR count). The van der Waals surface area contributed by atoms with Gasteiger partial charge in [-0.1, -0.05) is 11.6 Å². The van der Waals surface area contributed by atoms with Crippen molar-refractivity contribution in [1.29, 1.82) is 0 Å². The van der Waals surface area contributed by atoms with Gasteiger partial charge in [0.2, 0.25) is 0 Å². The van der Waals surface area contributed by atoms with Crippen LogP contribution in [0, 0.1) is 0 Å². The average Bonchev–Trinajstić information content (AvgIpc) is 2.99. The van der Waals surface area contributed by atoms with Gasteiger partial charge in [0.05, 0.1) is 5.02 Å². The summed E-state index contributed by atoms with van der Waals surface area (Å²) in [6, 6.07) is 3.46. The molecule has 92 valence electrons. The van der Waals surface area contributed by atoms with E-state index in [9.17, 15) is 4.79 Å². The first-order chi connectivity index (χ1) is 8.04. The van der Waals surface area contributed by atoms with Crippen LogP contribution in [-0.2, 0) is 0 Å². The second kappa shape index (κ2) is 4.53. The number of anilines is 1. The summed E-state index contributed by atoms with van der Waals surface area (Å²) in [5.74, 6) is 0.470. The first-order valence-electron chi connectivity index (χ1n) is 5.77. The van der Waals surface area contributed by atoms with Gasteiger partial charge in [0, 0.05) is 12.1 Å². The smallest absolute Gasteiger partial charge is 0.271 e. The number of carbonyl (C=O) groups excluding carboxylic acids is 1. The Morgan fingerprint density at radius 3 is 2.82 bits per heavy atom. The number of nitrogens with one attached hydrogen (secondary N) is 2. The Balaban J connectivity index is 2.17. The van der Waals surface area contributed by atoms with Crippen LogP contribution in [0.5, 0.6) is 0 Å². The molecule has 17 heavy (non-hydrogen) atoms. The SMILES string of the molecule is CCNc1ccc(Cl)c(C(=O)NC2(C)CC2)n1. The number of aromatic nitrogens is 1. The van der Waals surface area contributed by atoms with E-state index in [4.69, 9.17) is 11.6 Å². The third-order valence-corrected chi connectivity index (χ3v) is 3.14. The van der Waals surface area contributed by atoms with Crippen LogP contribution in [0.1, 0.15) is 37.2 Å². The van der Waals surface area contributed by atoms with Gasteiger partial charge in [-0.25, -0.2) is 4.98 Å². The molecule has 0 radical (unpaired) electrons. The van der Waals surface area contributed by atoms with Gasteiger partial charge in [0.1, 0.15) is 11.5 Å². The van der Waals surface area contributed by atoms with Crippen molar-refractivity contribution in [3.63, 3.8) is 0 Å². The number of rotatable bonds is 4. The lowest BCUT2D eigenvalue weighted by atomic mass is 10.2. The van der Waals surface area contributed by atoms with Crippen molar-refractivity contribution in [2.24, 2.45) is 0 Å². The molecule has 1 aliphatic rings. The van der Waals surface area contributed by atoms with Crippen molar-refractivity contribution in [3.05, 3.63) is 22.8 Å². The van der Waals surface area contributed by atoms with E-state index < -0.39 is 0 Å². The maximum Gasteiger partial charge on any atom is 0.271 e. The van der Waals surface area contributed by atoms with E-state index in [1.807, 2.05) is 13.8 Å². The van der Waals surface area contributed by atoms with Crippen molar-refractivity contribution < 1.29 is 4.79 Å². The normalized spacial score (nSPS) is 16.4. The number of halogens is 1. The summed E-state index contributed by atoms with van der Waals surface area (Å²) in [5, 5.41) is 6.38. The van der Waals surface area contributed by atoms with Gasteiger partial charge in [-0.2, -0.15) is 0 Å². The number of pyridine rings is 1. The van der Waals surface area contributed by atoms with E-state index in [1.165, 1.54) is 0 Å². The fourth-order valence-corrected chi connectivity index (χ4v) is 1.72. The lowest BCUT2D eigenvalue weighted by Gasteiger charge is -2.12. The molecular formula is C12H16ClN3O. The van der Waals surface area contributed by atoms with E-state index >= 15 is 0 Å².